The molecule has 0 saturated carbocycles. The van der Waals surface area contributed by atoms with Crippen molar-refractivity contribution in [2.45, 2.75) is 6.92 Å². The SMILES string of the molecule is Cc1nc(-c2cccc(Cl)c2F)nc(Cl)c1Br. The van der Waals surface area contributed by atoms with Crippen molar-refractivity contribution in [2.24, 2.45) is 0 Å². The molecule has 0 atom stereocenters. The van der Waals surface area contributed by atoms with E-state index >= 15 is 0 Å². The Hall–Kier alpha value is -0.710. The van der Waals surface area contributed by atoms with Crippen LogP contribution in [0, 0.1) is 12.7 Å². The number of rotatable bonds is 1. The molecular formula is C11H6BrCl2FN2. The highest BCUT2D eigenvalue weighted by Crippen LogP contribution is 2.29. The number of hydrogen-bond donors (Lipinski definition) is 0. The minimum Gasteiger partial charge on any atom is -0.232 e. The zero-order valence-electron chi connectivity index (χ0n) is 8.64. The monoisotopic (exact) mass is 334 g/mol. The molecule has 2 nitrogen and oxygen atoms in total. The average Bonchev–Trinajstić information content (AvgIpc) is 2.29. The largest absolute Gasteiger partial charge is 0.232 e. The first-order valence-corrected chi connectivity index (χ1v) is 6.19. The molecule has 2 rings (SSSR count). The fraction of sp³-hybridized carbons (Fsp3) is 0.0909. The third-order valence-electron chi connectivity index (χ3n) is 2.17. The number of aromatic nitrogens is 2. The lowest BCUT2D eigenvalue weighted by atomic mass is 10.2. The predicted octanol–water partition coefficient (Wildman–Crippen LogP) is 4.66. The number of benzene rings is 1. The van der Waals surface area contributed by atoms with Gasteiger partial charge in [0.25, 0.3) is 0 Å². The first kappa shape index (κ1) is 12.7. The van der Waals surface area contributed by atoms with E-state index in [0.29, 0.717) is 10.2 Å². The van der Waals surface area contributed by atoms with Crippen molar-refractivity contribution in [1.29, 1.82) is 0 Å². The van der Waals surface area contributed by atoms with E-state index in [1.807, 2.05) is 0 Å². The average molecular weight is 336 g/mol. The maximum atomic E-state index is 13.8. The van der Waals surface area contributed by atoms with Crippen molar-refractivity contribution >= 4 is 39.1 Å². The van der Waals surface area contributed by atoms with Gasteiger partial charge in [-0.05, 0) is 35.0 Å². The summed E-state index contributed by atoms with van der Waals surface area (Å²) in [6, 6.07) is 4.66. The molecule has 0 spiro atoms. The predicted molar refractivity (Wildman–Crippen MR) is 69.9 cm³/mol. The zero-order valence-corrected chi connectivity index (χ0v) is 11.7. The fourth-order valence-corrected chi connectivity index (χ4v) is 1.89. The van der Waals surface area contributed by atoms with Crippen LogP contribution < -0.4 is 0 Å². The highest BCUT2D eigenvalue weighted by Gasteiger charge is 2.14. The van der Waals surface area contributed by atoms with Gasteiger partial charge in [0.1, 0.15) is 5.15 Å². The molecule has 6 heteroatoms. The number of nitrogens with zero attached hydrogens (tertiary/aromatic N) is 2. The van der Waals surface area contributed by atoms with Crippen LogP contribution in [-0.2, 0) is 0 Å². The number of halogens is 4. The van der Waals surface area contributed by atoms with Gasteiger partial charge in [-0.1, -0.05) is 29.3 Å². The van der Waals surface area contributed by atoms with E-state index < -0.39 is 5.82 Å². The zero-order chi connectivity index (χ0) is 12.6. The molecule has 1 aromatic carbocycles. The molecule has 0 amide bonds. The summed E-state index contributed by atoms with van der Waals surface area (Å²) in [6.07, 6.45) is 0. The molecule has 0 N–H and O–H groups in total. The Balaban J connectivity index is 2.65. The van der Waals surface area contributed by atoms with Crippen LogP contribution in [0.2, 0.25) is 10.2 Å². The molecule has 1 heterocycles. The molecule has 0 bridgehead atoms. The molecule has 1 aromatic heterocycles. The lowest BCUT2D eigenvalue weighted by molar-refractivity contribution is 0.630. The van der Waals surface area contributed by atoms with Crippen LogP contribution >= 0.6 is 39.1 Å². The summed E-state index contributed by atoms with van der Waals surface area (Å²) in [5.74, 6) is -0.331. The second kappa shape index (κ2) is 4.88. The van der Waals surface area contributed by atoms with Gasteiger partial charge in [-0.3, -0.25) is 0 Å². The fourth-order valence-electron chi connectivity index (χ4n) is 1.32. The molecule has 0 aliphatic rings. The third-order valence-corrected chi connectivity index (χ3v) is 3.91. The summed E-state index contributed by atoms with van der Waals surface area (Å²) >= 11 is 14.9. The van der Waals surface area contributed by atoms with Gasteiger partial charge < -0.3 is 0 Å². The standard InChI is InChI=1S/C11H6BrCl2FN2/c1-5-8(12)10(14)17-11(16-5)6-3-2-4-7(13)9(6)15/h2-4H,1H3. The maximum Gasteiger partial charge on any atom is 0.164 e. The van der Waals surface area contributed by atoms with Crippen LogP contribution in [-0.4, -0.2) is 9.97 Å². The summed E-state index contributed by atoms with van der Waals surface area (Å²) < 4.78 is 14.4. The summed E-state index contributed by atoms with van der Waals surface area (Å²) in [7, 11) is 0. The van der Waals surface area contributed by atoms with Crippen molar-refractivity contribution in [3.05, 3.63) is 44.4 Å². The lowest BCUT2D eigenvalue weighted by Crippen LogP contribution is -1.96. The van der Waals surface area contributed by atoms with Gasteiger partial charge in [-0.15, -0.1) is 0 Å². The highest BCUT2D eigenvalue weighted by molar-refractivity contribution is 9.10. The normalized spacial score (nSPS) is 10.6. The molecule has 17 heavy (non-hydrogen) atoms. The maximum absolute atomic E-state index is 13.8. The molecule has 0 aliphatic heterocycles. The molecular weight excluding hydrogens is 330 g/mol. The number of hydrogen-bond acceptors (Lipinski definition) is 2. The Morgan fingerprint density at radius 2 is 1.94 bits per heavy atom. The van der Waals surface area contributed by atoms with Gasteiger partial charge in [0.2, 0.25) is 0 Å². The Labute approximate surface area is 116 Å². The first-order valence-electron chi connectivity index (χ1n) is 4.64. The van der Waals surface area contributed by atoms with Gasteiger partial charge in [0, 0.05) is 0 Å². The van der Waals surface area contributed by atoms with Crippen molar-refractivity contribution in [3.8, 4) is 11.4 Å². The molecule has 0 radical (unpaired) electrons. The van der Waals surface area contributed by atoms with Crippen molar-refractivity contribution in [1.82, 2.24) is 9.97 Å². The Morgan fingerprint density at radius 3 is 2.59 bits per heavy atom. The molecule has 0 aliphatic carbocycles. The molecule has 2 aromatic rings. The summed E-state index contributed by atoms with van der Waals surface area (Å²) in [6.45, 7) is 1.75. The third kappa shape index (κ3) is 2.44. The Morgan fingerprint density at radius 1 is 1.24 bits per heavy atom. The van der Waals surface area contributed by atoms with E-state index in [4.69, 9.17) is 23.2 Å². The summed E-state index contributed by atoms with van der Waals surface area (Å²) in [5, 5.41) is 0.273. The summed E-state index contributed by atoms with van der Waals surface area (Å²) in [4.78, 5) is 8.18. The van der Waals surface area contributed by atoms with Crippen LogP contribution in [0.1, 0.15) is 5.69 Å². The van der Waals surface area contributed by atoms with E-state index in [-0.39, 0.29) is 21.6 Å². The minimum atomic E-state index is -0.549. The number of aryl methyl sites for hydroxylation is 1. The van der Waals surface area contributed by atoms with Crippen molar-refractivity contribution < 1.29 is 4.39 Å². The van der Waals surface area contributed by atoms with E-state index in [1.54, 1.807) is 19.1 Å². The minimum absolute atomic E-state index is 0.0304. The second-order valence-electron chi connectivity index (χ2n) is 3.34. The smallest absolute Gasteiger partial charge is 0.164 e. The van der Waals surface area contributed by atoms with Crippen LogP contribution in [0.3, 0.4) is 0 Å². The van der Waals surface area contributed by atoms with Crippen LogP contribution in [0.15, 0.2) is 22.7 Å². The molecule has 0 unspecified atom stereocenters. The van der Waals surface area contributed by atoms with Gasteiger partial charge in [0.15, 0.2) is 11.6 Å². The Bertz CT molecular complexity index is 567. The van der Waals surface area contributed by atoms with E-state index in [2.05, 4.69) is 25.9 Å². The van der Waals surface area contributed by atoms with E-state index in [0.717, 1.165) is 0 Å². The first-order chi connectivity index (χ1) is 8.00. The lowest BCUT2D eigenvalue weighted by Gasteiger charge is -2.06. The Kier molecular flexibility index (Phi) is 3.66. The quantitative estimate of drug-likeness (QED) is 0.708. The van der Waals surface area contributed by atoms with Crippen LogP contribution in [0.5, 0.6) is 0 Å². The van der Waals surface area contributed by atoms with Crippen molar-refractivity contribution in [3.63, 3.8) is 0 Å². The van der Waals surface area contributed by atoms with Gasteiger partial charge in [-0.25, -0.2) is 14.4 Å². The highest BCUT2D eigenvalue weighted by atomic mass is 79.9. The van der Waals surface area contributed by atoms with Gasteiger partial charge >= 0.3 is 0 Å². The van der Waals surface area contributed by atoms with Gasteiger partial charge in [0.05, 0.1) is 20.8 Å². The summed E-state index contributed by atoms with van der Waals surface area (Å²) in [5.41, 5.74) is 0.870. The molecule has 88 valence electrons. The van der Waals surface area contributed by atoms with Crippen LogP contribution in [0.25, 0.3) is 11.4 Å². The van der Waals surface area contributed by atoms with Gasteiger partial charge in [-0.2, -0.15) is 0 Å². The van der Waals surface area contributed by atoms with E-state index in [1.165, 1.54) is 6.07 Å². The van der Waals surface area contributed by atoms with Crippen LogP contribution in [0.4, 0.5) is 4.39 Å². The second-order valence-corrected chi connectivity index (χ2v) is 4.90. The van der Waals surface area contributed by atoms with Crippen molar-refractivity contribution in [2.75, 3.05) is 0 Å². The molecule has 0 fully saturated rings. The topological polar surface area (TPSA) is 25.8 Å². The van der Waals surface area contributed by atoms with E-state index in [9.17, 15) is 4.39 Å². The molecule has 0 saturated heterocycles.